The summed E-state index contributed by atoms with van der Waals surface area (Å²) in [6.07, 6.45) is 0. The summed E-state index contributed by atoms with van der Waals surface area (Å²) in [4.78, 5) is 4.46. The van der Waals surface area contributed by atoms with Crippen molar-refractivity contribution in [3.8, 4) is 11.6 Å². The second-order valence-corrected chi connectivity index (χ2v) is 4.87. The van der Waals surface area contributed by atoms with E-state index in [1.807, 2.05) is 51.2 Å². The van der Waals surface area contributed by atoms with Gasteiger partial charge in [-0.1, -0.05) is 17.7 Å². The lowest BCUT2D eigenvalue weighted by atomic mass is 10.2. The minimum absolute atomic E-state index is 0.600. The summed E-state index contributed by atoms with van der Waals surface area (Å²) in [5.41, 5.74) is 3.13. The summed E-state index contributed by atoms with van der Waals surface area (Å²) in [7, 11) is 1.92. The van der Waals surface area contributed by atoms with Gasteiger partial charge in [0.15, 0.2) is 0 Å². The highest BCUT2D eigenvalue weighted by atomic mass is 35.5. The fraction of sp³-hybridized carbons (Fsp3) is 0.267. The van der Waals surface area contributed by atoms with Crippen molar-refractivity contribution in [1.82, 2.24) is 10.3 Å². The molecule has 0 spiro atoms. The number of aromatic nitrogens is 1. The molecule has 0 saturated carbocycles. The van der Waals surface area contributed by atoms with E-state index in [2.05, 4.69) is 10.3 Å². The largest absolute Gasteiger partial charge is 0.439 e. The molecular formula is C15H17ClN2O. The van der Waals surface area contributed by atoms with Crippen LogP contribution in [-0.4, -0.2) is 12.0 Å². The first-order valence-electron chi connectivity index (χ1n) is 6.15. The molecule has 0 aliphatic heterocycles. The zero-order valence-corrected chi connectivity index (χ0v) is 12.1. The molecule has 1 N–H and O–H groups in total. The van der Waals surface area contributed by atoms with Gasteiger partial charge in [-0.2, -0.15) is 0 Å². The third-order valence-corrected chi connectivity index (χ3v) is 3.12. The van der Waals surface area contributed by atoms with E-state index in [4.69, 9.17) is 16.3 Å². The van der Waals surface area contributed by atoms with Crippen LogP contribution in [0.2, 0.25) is 5.02 Å². The van der Waals surface area contributed by atoms with Crippen molar-refractivity contribution >= 4 is 11.6 Å². The maximum absolute atomic E-state index is 5.92. The summed E-state index contributed by atoms with van der Waals surface area (Å²) in [5.74, 6) is 1.38. The average Bonchev–Trinajstić information content (AvgIpc) is 2.36. The molecule has 0 unspecified atom stereocenters. The van der Waals surface area contributed by atoms with Crippen molar-refractivity contribution in [3.63, 3.8) is 0 Å². The molecule has 1 aromatic carbocycles. The maximum Gasteiger partial charge on any atom is 0.219 e. The molecule has 2 rings (SSSR count). The molecule has 2 aromatic rings. The van der Waals surface area contributed by atoms with Crippen LogP contribution >= 0.6 is 11.6 Å². The Kier molecular flexibility index (Phi) is 4.40. The van der Waals surface area contributed by atoms with E-state index < -0.39 is 0 Å². The molecule has 0 amide bonds. The van der Waals surface area contributed by atoms with Crippen molar-refractivity contribution in [2.45, 2.75) is 20.4 Å². The number of nitrogens with zero attached hydrogens (tertiary/aromatic N) is 1. The van der Waals surface area contributed by atoms with Crippen molar-refractivity contribution in [2.24, 2.45) is 0 Å². The van der Waals surface area contributed by atoms with E-state index in [9.17, 15) is 0 Å². The van der Waals surface area contributed by atoms with Gasteiger partial charge in [-0.25, -0.2) is 4.98 Å². The van der Waals surface area contributed by atoms with Crippen LogP contribution in [0.25, 0.3) is 0 Å². The van der Waals surface area contributed by atoms with Crippen molar-refractivity contribution < 1.29 is 4.74 Å². The molecule has 100 valence electrons. The lowest BCUT2D eigenvalue weighted by Crippen LogP contribution is -2.07. The summed E-state index contributed by atoms with van der Waals surface area (Å²) in [6.45, 7) is 4.75. The van der Waals surface area contributed by atoms with Crippen LogP contribution in [0.3, 0.4) is 0 Å². The molecule has 0 aliphatic rings. The van der Waals surface area contributed by atoms with Crippen LogP contribution in [0, 0.1) is 13.8 Å². The highest BCUT2D eigenvalue weighted by Gasteiger charge is 2.05. The number of hydrogen-bond acceptors (Lipinski definition) is 3. The lowest BCUT2D eigenvalue weighted by molar-refractivity contribution is 0.457. The molecule has 0 radical (unpaired) electrons. The first-order chi connectivity index (χ1) is 9.10. The number of halogens is 1. The van der Waals surface area contributed by atoms with Gasteiger partial charge in [0.2, 0.25) is 5.88 Å². The molecular weight excluding hydrogens is 260 g/mol. The van der Waals surface area contributed by atoms with Gasteiger partial charge in [0.05, 0.1) is 0 Å². The predicted octanol–water partition coefficient (Wildman–Crippen LogP) is 3.86. The summed E-state index contributed by atoms with van der Waals surface area (Å²) in [5, 5.41) is 3.82. The van der Waals surface area contributed by atoms with Crippen molar-refractivity contribution in [2.75, 3.05) is 7.05 Å². The van der Waals surface area contributed by atoms with E-state index in [1.54, 1.807) is 0 Å². The molecule has 1 aromatic heterocycles. The molecule has 0 saturated heterocycles. The normalized spacial score (nSPS) is 10.5. The van der Waals surface area contributed by atoms with Crippen LogP contribution in [-0.2, 0) is 6.54 Å². The number of hydrogen-bond donors (Lipinski definition) is 1. The van der Waals surface area contributed by atoms with E-state index in [1.165, 1.54) is 5.56 Å². The number of rotatable bonds is 4. The Morgan fingerprint density at radius 2 is 2.00 bits per heavy atom. The van der Waals surface area contributed by atoms with Crippen LogP contribution in [0.15, 0.2) is 30.3 Å². The highest BCUT2D eigenvalue weighted by Crippen LogP contribution is 2.26. The number of ether oxygens (including phenoxy) is 1. The molecule has 1 heterocycles. The smallest absolute Gasteiger partial charge is 0.219 e. The van der Waals surface area contributed by atoms with Crippen LogP contribution in [0.5, 0.6) is 11.6 Å². The minimum Gasteiger partial charge on any atom is -0.439 e. The summed E-state index contributed by atoms with van der Waals surface area (Å²) >= 11 is 5.92. The lowest BCUT2D eigenvalue weighted by Gasteiger charge is -2.10. The van der Waals surface area contributed by atoms with Gasteiger partial charge in [0.1, 0.15) is 5.75 Å². The van der Waals surface area contributed by atoms with Crippen LogP contribution < -0.4 is 10.1 Å². The first-order valence-corrected chi connectivity index (χ1v) is 6.53. The average molecular weight is 277 g/mol. The quantitative estimate of drug-likeness (QED) is 0.921. The van der Waals surface area contributed by atoms with Gasteiger partial charge < -0.3 is 10.1 Å². The Morgan fingerprint density at radius 3 is 2.63 bits per heavy atom. The number of pyridine rings is 1. The third kappa shape index (κ3) is 3.46. The van der Waals surface area contributed by atoms with Gasteiger partial charge >= 0.3 is 0 Å². The minimum atomic E-state index is 0.600. The molecule has 0 fully saturated rings. The maximum atomic E-state index is 5.92. The topological polar surface area (TPSA) is 34.1 Å². The molecule has 3 nitrogen and oxygen atoms in total. The monoisotopic (exact) mass is 276 g/mol. The SMILES string of the molecule is CNCc1ccc(Oc2ccc(Cl)cc2C)nc1C. The van der Waals surface area contributed by atoms with E-state index in [0.717, 1.165) is 23.6 Å². The second-order valence-electron chi connectivity index (χ2n) is 4.44. The number of benzene rings is 1. The van der Waals surface area contributed by atoms with Crippen LogP contribution in [0.1, 0.15) is 16.8 Å². The second kappa shape index (κ2) is 6.04. The van der Waals surface area contributed by atoms with Gasteiger partial charge in [0, 0.05) is 23.3 Å². The van der Waals surface area contributed by atoms with Gasteiger partial charge in [-0.15, -0.1) is 0 Å². The van der Waals surface area contributed by atoms with E-state index in [0.29, 0.717) is 10.9 Å². The molecule has 19 heavy (non-hydrogen) atoms. The predicted molar refractivity (Wildman–Crippen MR) is 78.0 cm³/mol. The summed E-state index contributed by atoms with van der Waals surface area (Å²) in [6, 6.07) is 9.45. The molecule has 0 aliphatic carbocycles. The van der Waals surface area contributed by atoms with E-state index in [-0.39, 0.29) is 0 Å². The standard InChI is InChI=1S/C15H17ClN2O/c1-10-8-13(16)5-6-14(10)19-15-7-4-12(9-17-3)11(2)18-15/h4-8,17H,9H2,1-3H3. The van der Waals surface area contributed by atoms with Crippen molar-refractivity contribution in [1.29, 1.82) is 0 Å². The zero-order chi connectivity index (χ0) is 13.8. The highest BCUT2D eigenvalue weighted by molar-refractivity contribution is 6.30. The van der Waals surface area contributed by atoms with E-state index >= 15 is 0 Å². The molecule has 0 atom stereocenters. The number of nitrogens with one attached hydrogen (secondary N) is 1. The molecule has 0 bridgehead atoms. The van der Waals surface area contributed by atoms with Gasteiger partial charge in [-0.05, 0) is 50.2 Å². The number of aryl methyl sites for hydroxylation is 2. The Hall–Kier alpha value is -1.58. The zero-order valence-electron chi connectivity index (χ0n) is 11.3. The fourth-order valence-corrected chi connectivity index (χ4v) is 2.07. The molecule has 4 heteroatoms. The van der Waals surface area contributed by atoms with Gasteiger partial charge in [0.25, 0.3) is 0 Å². The fourth-order valence-electron chi connectivity index (χ4n) is 1.84. The Labute approximate surface area is 118 Å². The van der Waals surface area contributed by atoms with Crippen LogP contribution in [0.4, 0.5) is 0 Å². The first kappa shape index (κ1) is 13.8. The van der Waals surface area contributed by atoms with Gasteiger partial charge in [-0.3, -0.25) is 0 Å². The Bertz CT molecular complexity index is 584. The third-order valence-electron chi connectivity index (χ3n) is 2.89. The summed E-state index contributed by atoms with van der Waals surface area (Å²) < 4.78 is 5.79. The van der Waals surface area contributed by atoms with Crippen molar-refractivity contribution in [3.05, 3.63) is 52.2 Å². The Morgan fingerprint density at radius 1 is 1.21 bits per heavy atom. The Balaban J connectivity index is 2.21.